The first-order valence-corrected chi connectivity index (χ1v) is 5.90. The van der Waals surface area contributed by atoms with Crippen molar-refractivity contribution in [2.24, 2.45) is 0 Å². The molecule has 2 aromatic rings. The summed E-state index contributed by atoms with van der Waals surface area (Å²) >= 11 is 0. The first-order chi connectivity index (χ1) is 9.86. The van der Waals surface area contributed by atoms with Gasteiger partial charge in [0, 0.05) is 5.56 Å². The summed E-state index contributed by atoms with van der Waals surface area (Å²) < 4.78 is 43.4. The van der Waals surface area contributed by atoms with Crippen LogP contribution in [0.3, 0.4) is 0 Å². The number of carbonyl (C=O) groups is 1. The molecule has 0 radical (unpaired) electrons. The third-order valence-electron chi connectivity index (χ3n) is 3.00. The molecule has 0 atom stereocenters. The van der Waals surface area contributed by atoms with E-state index in [-0.39, 0.29) is 22.6 Å². The highest BCUT2D eigenvalue weighted by molar-refractivity contribution is 5.82. The third kappa shape index (κ3) is 2.99. The number of carbonyl (C=O) groups excluding carboxylic acids is 1. The Morgan fingerprint density at radius 2 is 1.86 bits per heavy atom. The van der Waals surface area contributed by atoms with Crippen molar-refractivity contribution in [3.05, 3.63) is 47.5 Å². The normalized spacial score (nSPS) is 11.2. The first-order valence-electron chi connectivity index (χ1n) is 5.90. The maximum Gasteiger partial charge on any atom is 0.416 e. The average molecular weight is 296 g/mol. The molecule has 0 bridgehead atoms. The summed E-state index contributed by atoms with van der Waals surface area (Å²) in [7, 11) is 1.34. The number of rotatable bonds is 3. The molecule has 0 aliphatic heterocycles. The lowest BCUT2D eigenvalue weighted by atomic mass is 10.00. The molecule has 0 aromatic heterocycles. The number of benzene rings is 2. The molecule has 0 saturated carbocycles. The van der Waals surface area contributed by atoms with E-state index >= 15 is 0 Å². The minimum atomic E-state index is -4.48. The lowest BCUT2D eigenvalue weighted by molar-refractivity contribution is -0.137. The molecule has 2 aromatic carbocycles. The van der Waals surface area contributed by atoms with Gasteiger partial charge in [0.2, 0.25) is 0 Å². The molecule has 0 aliphatic rings. The number of hydrogen-bond acceptors (Lipinski definition) is 3. The summed E-state index contributed by atoms with van der Waals surface area (Å²) in [5.74, 6) is -0.0665. The molecular formula is C15H11F3O3. The topological polar surface area (TPSA) is 46.5 Å². The number of methoxy groups -OCH3 is 1. The number of aromatic hydroxyl groups is 1. The molecule has 0 unspecified atom stereocenters. The van der Waals surface area contributed by atoms with Crippen LogP contribution < -0.4 is 4.74 Å². The third-order valence-corrected chi connectivity index (χ3v) is 3.00. The Kier molecular flexibility index (Phi) is 3.88. The molecule has 2 rings (SSSR count). The summed E-state index contributed by atoms with van der Waals surface area (Å²) in [6.45, 7) is 0. The van der Waals surface area contributed by atoms with Crippen molar-refractivity contribution in [3.63, 3.8) is 0 Å². The van der Waals surface area contributed by atoms with E-state index in [1.165, 1.54) is 31.4 Å². The second-order valence-corrected chi connectivity index (χ2v) is 4.30. The minimum Gasteiger partial charge on any atom is -0.507 e. The van der Waals surface area contributed by atoms with Crippen molar-refractivity contribution in [1.82, 2.24) is 0 Å². The molecule has 0 spiro atoms. The smallest absolute Gasteiger partial charge is 0.416 e. The van der Waals surface area contributed by atoms with Crippen molar-refractivity contribution in [3.8, 4) is 22.6 Å². The Balaban J connectivity index is 2.61. The summed E-state index contributed by atoms with van der Waals surface area (Å²) in [4.78, 5) is 10.7. The van der Waals surface area contributed by atoms with Crippen LogP contribution in [0.15, 0.2) is 36.4 Å². The Bertz CT molecular complexity index is 678. The van der Waals surface area contributed by atoms with Crippen LogP contribution in [0.5, 0.6) is 11.5 Å². The quantitative estimate of drug-likeness (QED) is 0.874. The Morgan fingerprint density at radius 3 is 2.38 bits per heavy atom. The van der Waals surface area contributed by atoms with Gasteiger partial charge >= 0.3 is 6.18 Å². The summed E-state index contributed by atoms with van der Waals surface area (Å²) in [5.41, 5.74) is -0.261. The first kappa shape index (κ1) is 14.9. The lowest BCUT2D eigenvalue weighted by Crippen LogP contribution is -2.05. The Hall–Kier alpha value is -2.50. The van der Waals surface area contributed by atoms with E-state index in [2.05, 4.69) is 0 Å². The molecule has 21 heavy (non-hydrogen) atoms. The summed E-state index contributed by atoms with van der Waals surface area (Å²) in [6, 6.07) is 7.07. The summed E-state index contributed by atoms with van der Waals surface area (Å²) in [6.07, 6.45) is -4.02. The lowest BCUT2D eigenvalue weighted by Gasteiger charge is -2.13. The molecular weight excluding hydrogens is 285 g/mol. The van der Waals surface area contributed by atoms with E-state index in [0.29, 0.717) is 11.8 Å². The molecule has 0 fully saturated rings. The Morgan fingerprint density at radius 1 is 1.14 bits per heavy atom. The van der Waals surface area contributed by atoms with Gasteiger partial charge < -0.3 is 9.84 Å². The number of phenols is 1. The van der Waals surface area contributed by atoms with Crippen LogP contribution in [0, 0.1) is 0 Å². The number of aldehydes is 1. The van der Waals surface area contributed by atoms with Gasteiger partial charge in [-0.3, -0.25) is 4.79 Å². The van der Waals surface area contributed by atoms with Crippen LogP contribution >= 0.6 is 0 Å². The molecule has 6 heteroatoms. The van der Waals surface area contributed by atoms with E-state index in [1.807, 2.05) is 0 Å². The van der Waals surface area contributed by atoms with Gasteiger partial charge in [0.1, 0.15) is 11.5 Å². The van der Waals surface area contributed by atoms with Crippen LogP contribution in [0.1, 0.15) is 15.9 Å². The van der Waals surface area contributed by atoms with Gasteiger partial charge in [0.25, 0.3) is 0 Å². The highest BCUT2D eigenvalue weighted by Gasteiger charge is 2.31. The zero-order chi connectivity index (χ0) is 15.6. The van der Waals surface area contributed by atoms with Gasteiger partial charge in [-0.15, -0.1) is 0 Å². The van der Waals surface area contributed by atoms with Crippen LogP contribution in [0.2, 0.25) is 0 Å². The maximum atomic E-state index is 12.8. The maximum absolute atomic E-state index is 12.8. The molecule has 3 nitrogen and oxygen atoms in total. The fourth-order valence-corrected chi connectivity index (χ4v) is 1.92. The summed E-state index contributed by atoms with van der Waals surface area (Å²) in [5, 5.41) is 9.65. The zero-order valence-corrected chi connectivity index (χ0v) is 10.9. The number of phenolic OH excluding ortho intramolecular Hbond substituents is 1. The predicted molar refractivity (Wildman–Crippen MR) is 70.5 cm³/mol. The number of hydrogen-bond donors (Lipinski definition) is 1. The largest absolute Gasteiger partial charge is 0.507 e. The van der Waals surface area contributed by atoms with Gasteiger partial charge in [0.05, 0.1) is 18.2 Å². The minimum absolute atomic E-state index is 0.0599. The van der Waals surface area contributed by atoms with E-state index in [4.69, 9.17) is 4.74 Å². The van der Waals surface area contributed by atoms with Gasteiger partial charge in [-0.05, 0) is 35.9 Å². The number of ether oxygens (including phenoxy) is 1. The van der Waals surface area contributed by atoms with Crippen LogP contribution in [-0.2, 0) is 6.18 Å². The van der Waals surface area contributed by atoms with Crippen LogP contribution in [0.4, 0.5) is 13.2 Å². The van der Waals surface area contributed by atoms with E-state index in [9.17, 15) is 23.1 Å². The predicted octanol–water partition coefficient (Wildman–Crippen LogP) is 3.90. The highest BCUT2D eigenvalue weighted by Crippen LogP contribution is 2.38. The van der Waals surface area contributed by atoms with Gasteiger partial charge in [-0.1, -0.05) is 6.07 Å². The van der Waals surface area contributed by atoms with Crippen LogP contribution in [-0.4, -0.2) is 18.5 Å². The van der Waals surface area contributed by atoms with Crippen molar-refractivity contribution in [2.45, 2.75) is 6.18 Å². The molecule has 110 valence electrons. The van der Waals surface area contributed by atoms with Gasteiger partial charge in [-0.25, -0.2) is 0 Å². The number of halogens is 3. The van der Waals surface area contributed by atoms with E-state index in [1.54, 1.807) is 0 Å². The van der Waals surface area contributed by atoms with E-state index < -0.39 is 11.7 Å². The molecule has 0 aliphatic carbocycles. The number of alkyl halides is 3. The van der Waals surface area contributed by atoms with E-state index in [0.717, 1.165) is 12.1 Å². The fraction of sp³-hybridized carbons (Fsp3) is 0.133. The zero-order valence-electron chi connectivity index (χ0n) is 10.9. The Labute approximate surface area is 118 Å². The second-order valence-electron chi connectivity index (χ2n) is 4.30. The molecule has 0 saturated heterocycles. The monoisotopic (exact) mass is 296 g/mol. The SMILES string of the molecule is COc1ccc(C(F)(F)F)cc1-c1ccc(C=O)c(O)c1. The van der Waals surface area contributed by atoms with Crippen molar-refractivity contribution >= 4 is 6.29 Å². The molecule has 0 amide bonds. The van der Waals surface area contributed by atoms with Gasteiger partial charge in [0.15, 0.2) is 6.29 Å². The van der Waals surface area contributed by atoms with Crippen molar-refractivity contribution in [2.75, 3.05) is 7.11 Å². The second kappa shape index (κ2) is 5.47. The molecule has 0 heterocycles. The molecule has 1 N–H and O–H groups in total. The van der Waals surface area contributed by atoms with Gasteiger partial charge in [-0.2, -0.15) is 13.2 Å². The fourth-order valence-electron chi connectivity index (χ4n) is 1.92. The van der Waals surface area contributed by atoms with Crippen LogP contribution in [0.25, 0.3) is 11.1 Å². The van der Waals surface area contributed by atoms with Crippen molar-refractivity contribution < 1.29 is 27.8 Å². The average Bonchev–Trinajstić information content (AvgIpc) is 2.45. The standard InChI is InChI=1S/C15H11F3O3/c1-21-14-5-4-11(15(16,17)18)7-12(14)9-2-3-10(8-19)13(20)6-9/h2-8,20H,1H3. The van der Waals surface area contributed by atoms with Crippen molar-refractivity contribution in [1.29, 1.82) is 0 Å². The highest BCUT2D eigenvalue weighted by atomic mass is 19.4.